The predicted molar refractivity (Wildman–Crippen MR) is 91.6 cm³/mol. The van der Waals surface area contributed by atoms with Crippen LogP contribution in [0.4, 0.5) is 5.69 Å². The average molecular weight is 422 g/mol. The molecule has 1 aromatic rings. The Labute approximate surface area is 139 Å². The van der Waals surface area contributed by atoms with E-state index < -0.39 is 10.0 Å². The maximum atomic E-state index is 12.0. The molecule has 1 aliphatic rings. The molecule has 0 unspecified atom stereocenters. The van der Waals surface area contributed by atoms with Crippen LogP contribution in [0.25, 0.3) is 0 Å². The Hall–Kier alpha value is -0.670. The third-order valence-electron chi connectivity index (χ3n) is 3.41. The Balaban J connectivity index is 1.78. The Kier molecular flexibility index (Phi) is 6.00. The molecule has 1 saturated heterocycles. The second-order valence-corrected chi connectivity index (χ2v) is 8.30. The summed E-state index contributed by atoms with van der Waals surface area (Å²) in [6.07, 6.45) is 2.45. The molecule has 0 radical (unpaired) electrons. The predicted octanol–water partition coefficient (Wildman–Crippen LogP) is 2.44. The van der Waals surface area contributed by atoms with Gasteiger partial charge in [-0.15, -0.1) is 0 Å². The molecule has 0 atom stereocenters. The van der Waals surface area contributed by atoms with Crippen LogP contribution >= 0.6 is 22.6 Å². The van der Waals surface area contributed by atoms with Crippen molar-refractivity contribution in [1.29, 1.82) is 0 Å². The number of anilines is 1. The number of para-hydroxylation sites is 1. The van der Waals surface area contributed by atoms with Gasteiger partial charge in [0.15, 0.2) is 0 Å². The summed E-state index contributed by atoms with van der Waals surface area (Å²) in [7, 11) is -3.18. The number of nitrogens with zero attached hydrogens (tertiary/aromatic N) is 1. The number of hydrogen-bond acceptors (Lipinski definition) is 3. The van der Waals surface area contributed by atoms with Crippen LogP contribution in [0.5, 0.6) is 0 Å². The van der Waals surface area contributed by atoms with E-state index in [0.29, 0.717) is 19.5 Å². The summed E-state index contributed by atoms with van der Waals surface area (Å²) in [5, 5.41) is 2.81. The standard InChI is InChI=1S/C14H19IN2O3S/c15-12-6-1-2-7-13(12)16-14(18)8-5-11-21(19,20)17-9-3-4-10-17/h1-2,6-7H,3-5,8-11H2,(H,16,18). The largest absolute Gasteiger partial charge is 0.325 e. The number of amides is 1. The minimum absolute atomic E-state index is 0.0479. The lowest BCUT2D eigenvalue weighted by Crippen LogP contribution is -2.30. The molecule has 1 fully saturated rings. The Morgan fingerprint density at radius 3 is 2.57 bits per heavy atom. The third kappa shape index (κ3) is 4.93. The van der Waals surface area contributed by atoms with Crippen LogP contribution in [0.2, 0.25) is 0 Å². The molecule has 21 heavy (non-hydrogen) atoms. The zero-order chi connectivity index (χ0) is 15.3. The average Bonchev–Trinajstić information content (AvgIpc) is 2.96. The van der Waals surface area contributed by atoms with Crippen molar-refractivity contribution in [3.8, 4) is 0 Å². The molecule has 1 aliphatic heterocycles. The van der Waals surface area contributed by atoms with Crippen molar-refractivity contribution in [2.45, 2.75) is 25.7 Å². The quantitative estimate of drug-likeness (QED) is 0.717. The maximum Gasteiger partial charge on any atom is 0.224 e. The molecule has 0 saturated carbocycles. The molecule has 1 heterocycles. The number of halogens is 1. The second kappa shape index (κ2) is 7.55. The minimum atomic E-state index is -3.18. The lowest BCUT2D eigenvalue weighted by molar-refractivity contribution is -0.116. The number of carbonyl (C=O) groups excluding carboxylic acids is 1. The van der Waals surface area contributed by atoms with Crippen LogP contribution in [0.15, 0.2) is 24.3 Å². The highest BCUT2D eigenvalue weighted by Gasteiger charge is 2.24. The number of carbonyl (C=O) groups is 1. The highest BCUT2D eigenvalue weighted by atomic mass is 127. The van der Waals surface area contributed by atoms with Crippen molar-refractivity contribution in [2.75, 3.05) is 24.2 Å². The number of sulfonamides is 1. The van der Waals surface area contributed by atoms with Gasteiger partial charge in [0, 0.05) is 23.1 Å². The molecule has 2 rings (SSSR count). The lowest BCUT2D eigenvalue weighted by atomic mass is 10.3. The molecule has 0 spiro atoms. The van der Waals surface area contributed by atoms with Crippen molar-refractivity contribution in [2.24, 2.45) is 0 Å². The molecule has 1 N–H and O–H groups in total. The minimum Gasteiger partial charge on any atom is -0.325 e. The first-order chi connectivity index (χ1) is 9.99. The molecular formula is C14H19IN2O3S. The SMILES string of the molecule is O=C(CCCS(=O)(=O)N1CCCC1)Nc1ccccc1I. The van der Waals surface area contributed by atoms with Crippen molar-refractivity contribution in [3.63, 3.8) is 0 Å². The molecule has 0 bridgehead atoms. The summed E-state index contributed by atoms with van der Waals surface area (Å²) in [5.41, 5.74) is 0.769. The van der Waals surface area contributed by atoms with Gasteiger partial charge in [0.25, 0.3) is 0 Å². The zero-order valence-corrected chi connectivity index (χ0v) is 14.7. The van der Waals surface area contributed by atoms with Gasteiger partial charge in [0.2, 0.25) is 15.9 Å². The van der Waals surface area contributed by atoms with E-state index in [1.54, 1.807) is 0 Å². The lowest BCUT2D eigenvalue weighted by Gasteiger charge is -2.15. The topological polar surface area (TPSA) is 66.5 Å². The van der Waals surface area contributed by atoms with Crippen LogP contribution in [0, 0.1) is 3.57 Å². The first-order valence-corrected chi connectivity index (χ1v) is 9.70. The van der Waals surface area contributed by atoms with Crippen LogP contribution < -0.4 is 5.32 Å². The smallest absolute Gasteiger partial charge is 0.224 e. The normalized spacial score (nSPS) is 16.0. The van der Waals surface area contributed by atoms with E-state index >= 15 is 0 Å². The Morgan fingerprint density at radius 2 is 1.90 bits per heavy atom. The third-order valence-corrected chi connectivity index (χ3v) is 6.31. The monoisotopic (exact) mass is 422 g/mol. The van der Waals surface area contributed by atoms with Gasteiger partial charge in [-0.25, -0.2) is 12.7 Å². The van der Waals surface area contributed by atoms with E-state index in [0.717, 1.165) is 22.1 Å². The van der Waals surface area contributed by atoms with Crippen LogP contribution in [0.3, 0.4) is 0 Å². The Bertz CT molecular complexity index is 598. The molecule has 0 aromatic heterocycles. The van der Waals surface area contributed by atoms with Gasteiger partial charge in [-0.2, -0.15) is 0 Å². The van der Waals surface area contributed by atoms with Crippen LogP contribution in [-0.2, 0) is 14.8 Å². The number of nitrogens with one attached hydrogen (secondary N) is 1. The summed E-state index contributed by atoms with van der Waals surface area (Å²) in [6, 6.07) is 7.50. The highest BCUT2D eigenvalue weighted by Crippen LogP contribution is 2.18. The van der Waals surface area contributed by atoms with Gasteiger partial charge in [0.05, 0.1) is 11.4 Å². The summed E-state index contributed by atoms with van der Waals surface area (Å²) in [5.74, 6) is -0.0949. The van der Waals surface area contributed by atoms with E-state index in [-0.39, 0.29) is 18.1 Å². The van der Waals surface area contributed by atoms with E-state index in [4.69, 9.17) is 0 Å². The fraction of sp³-hybridized carbons (Fsp3) is 0.500. The fourth-order valence-corrected chi connectivity index (χ4v) is 4.39. The Morgan fingerprint density at radius 1 is 1.24 bits per heavy atom. The zero-order valence-electron chi connectivity index (χ0n) is 11.7. The first kappa shape index (κ1) is 16.7. The second-order valence-electron chi connectivity index (χ2n) is 5.05. The number of rotatable bonds is 6. The summed E-state index contributed by atoms with van der Waals surface area (Å²) < 4.78 is 26.5. The van der Waals surface area contributed by atoms with Crippen molar-refractivity contribution < 1.29 is 13.2 Å². The van der Waals surface area contributed by atoms with E-state index in [1.807, 2.05) is 24.3 Å². The van der Waals surface area contributed by atoms with E-state index in [2.05, 4.69) is 27.9 Å². The molecule has 1 amide bonds. The molecule has 5 nitrogen and oxygen atoms in total. The van der Waals surface area contributed by atoms with Crippen molar-refractivity contribution >= 4 is 44.2 Å². The summed E-state index contributed by atoms with van der Waals surface area (Å²) >= 11 is 2.15. The van der Waals surface area contributed by atoms with E-state index in [1.165, 1.54) is 4.31 Å². The first-order valence-electron chi connectivity index (χ1n) is 7.01. The van der Waals surface area contributed by atoms with Crippen molar-refractivity contribution in [1.82, 2.24) is 4.31 Å². The van der Waals surface area contributed by atoms with Gasteiger partial charge in [-0.05, 0) is 54.0 Å². The number of hydrogen-bond donors (Lipinski definition) is 1. The van der Waals surface area contributed by atoms with Crippen LogP contribution in [-0.4, -0.2) is 37.5 Å². The molecular weight excluding hydrogens is 403 g/mol. The molecule has 116 valence electrons. The summed E-state index contributed by atoms with van der Waals surface area (Å²) in [6.45, 7) is 1.24. The van der Waals surface area contributed by atoms with Gasteiger partial charge >= 0.3 is 0 Å². The number of benzene rings is 1. The maximum absolute atomic E-state index is 12.0. The molecule has 1 aromatic carbocycles. The molecule has 0 aliphatic carbocycles. The van der Waals surface area contributed by atoms with E-state index in [9.17, 15) is 13.2 Å². The van der Waals surface area contributed by atoms with Gasteiger partial charge in [0.1, 0.15) is 0 Å². The van der Waals surface area contributed by atoms with Gasteiger partial charge in [-0.3, -0.25) is 4.79 Å². The van der Waals surface area contributed by atoms with Crippen molar-refractivity contribution in [3.05, 3.63) is 27.8 Å². The summed E-state index contributed by atoms with van der Waals surface area (Å²) in [4.78, 5) is 11.8. The fourth-order valence-electron chi connectivity index (χ4n) is 2.29. The molecule has 7 heteroatoms. The highest BCUT2D eigenvalue weighted by molar-refractivity contribution is 14.1. The van der Waals surface area contributed by atoms with Crippen LogP contribution in [0.1, 0.15) is 25.7 Å². The van der Waals surface area contributed by atoms with Gasteiger partial charge < -0.3 is 5.32 Å². The van der Waals surface area contributed by atoms with Gasteiger partial charge in [-0.1, -0.05) is 12.1 Å².